The Kier molecular flexibility index (Phi) is 11.7. The fourth-order valence-corrected chi connectivity index (χ4v) is 4.34. The lowest BCUT2D eigenvalue weighted by Crippen LogP contribution is -2.62. The van der Waals surface area contributed by atoms with Crippen LogP contribution in [0.4, 0.5) is 4.79 Å². The Morgan fingerprint density at radius 2 is 1.86 bits per heavy atom. The molecule has 8 nitrogen and oxygen atoms in total. The third-order valence-electron chi connectivity index (χ3n) is 6.61. The van der Waals surface area contributed by atoms with Crippen molar-refractivity contribution < 1.29 is 28.8 Å². The first-order valence-corrected chi connectivity index (χ1v) is 13.5. The van der Waals surface area contributed by atoms with E-state index in [1.165, 1.54) is 19.3 Å². The summed E-state index contributed by atoms with van der Waals surface area (Å²) in [4.78, 5) is 12.8. The van der Waals surface area contributed by atoms with Gasteiger partial charge in [0.25, 0.3) is 0 Å². The van der Waals surface area contributed by atoms with Gasteiger partial charge in [0.2, 0.25) is 0 Å². The molecule has 2 rings (SSSR count). The van der Waals surface area contributed by atoms with E-state index >= 15 is 0 Å². The van der Waals surface area contributed by atoms with Crippen molar-refractivity contribution in [2.45, 2.75) is 103 Å². The summed E-state index contributed by atoms with van der Waals surface area (Å²) in [5.74, 6) is -0.431. The van der Waals surface area contributed by atoms with E-state index in [-0.39, 0.29) is 12.5 Å². The molecule has 0 spiro atoms. The Balaban J connectivity index is 2.13. The first-order valence-electron chi connectivity index (χ1n) is 13.5. The highest BCUT2D eigenvalue weighted by Crippen LogP contribution is 2.32. The number of aryl methyl sites for hydroxylation is 1. The van der Waals surface area contributed by atoms with E-state index in [4.69, 9.17) is 18.9 Å². The van der Waals surface area contributed by atoms with Crippen molar-refractivity contribution in [2.75, 3.05) is 26.4 Å². The summed E-state index contributed by atoms with van der Waals surface area (Å²) >= 11 is 0. The fourth-order valence-electron chi connectivity index (χ4n) is 4.34. The van der Waals surface area contributed by atoms with E-state index < -0.39 is 23.0 Å². The van der Waals surface area contributed by atoms with Gasteiger partial charge in [0.05, 0.1) is 37.5 Å². The number of ether oxygens (including phenoxy) is 4. The molecule has 0 saturated carbocycles. The number of hydrogen-bond donors (Lipinski definition) is 2. The minimum absolute atomic E-state index is 0.288. The number of unbranched alkanes of at least 4 members (excludes halogenated alkanes) is 4. The molecule has 1 heterocycles. The van der Waals surface area contributed by atoms with Crippen LogP contribution in [-0.4, -0.2) is 54.6 Å². The summed E-state index contributed by atoms with van der Waals surface area (Å²) in [6.45, 7) is 12.1. The fraction of sp³-hybridized carbons (Fsp3) is 0.724. The maximum atomic E-state index is 12.8. The van der Waals surface area contributed by atoms with Crippen LogP contribution >= 0.6 is 0 Å². The van der Waals surface area contributed by atoms with Gasteiger partial charge >= 0.3 is 6.09 Å². The third-order valence-corrected chi connectivity index (χ3v) is 6.61. The molecule has 1 aromatic carbocycles. The zero-order valence-electron chi connectivity index (χ0n) is 23.5. The van der Waals surface area contributed by atoms with Crippen molar-refractivity contribution in [3.05, 3.63) is 29.3 Å². The molecule has 1 aliphatic heterocycles. The van der Waals surface area contributed by atoms with Gasteiger partial charge in [-0.25, -0.2) is 4.79 Å². The molecule has 1 aromatic rings. The van der Waals surface area contributed by atoms with Gasteiger partial charge in [-0.15, -0.1) is 0 Å². The highest BCUT2D eigenvalue weighted by molar-refractivity contribution is 5.69. The van der Waals surface area contributed by atoms with E-state index in [1.54, 1.807) is 20.8 Å². The number of carbonyl (C=O) groups is 1. The molecule has 1 saturated heterocycles. The summed E-state index contributed by atoms with van der Waals surface area (Å²) < 4.78 is 23.1. The van der Waals surface area contributed by atoms with Crippen molar-refractivity contribution in [3.63, 3.8) is 0 Å². The summed E-state index contributed by atoms with van der Waals surface area (Å²) in [5, 5.41) is 23.2. The molecule has 37 heavy (non-hydrogen) atoms. The minimum Gasteiger partial charge on any atom is -0.492 e. The number of nitrogens with zero attached hydrogens (tertiary/aromatic N) is 1. The van der Waals surface area contributed by atoms with Crippen molar-refractivity contribution in [1.82, 2.24) is 5.32 Å². The van der Waals surface area contributed by atoms with Crippen LogP contribution in [-0.2, 0) is 20.6 Å². The van der Waals surface area contributed by atoms with Crippen molar-refractivity contribution in [3.8, 4) is 11.8 Å². The lowest BCUT2D eigenvalue weighted by atomic mass is 9.79. The third kappa shape index (κ3) is 10.1. The molecule has 2 N–H and O–H groups in total. The highest BCUT2D eigenvalue weighted by Gasteiger charge is 2.44. The van der Waals surface area contributed by atoms with Gasteiger partial charge in [-0.2, -0.15) is 5.26 Å². The normalized spacial score (nSPS) is 17.5. The van der Waals surface area contributed by atoms with E-state index in [2.05, 4.69) is 18.3 Å². The van der Waals surface area contributed by atoms with E-state index in [1.807, 2.05) is 32.0 Å². The number of nitriles is 1. The summed E-state index contributed by atoms with van der Waals surface area (Å²) in [5.41, 5.74) is -0.319. The Bertz CT molecular complexity index is 895. The van der Waals surface area contributed by atoms with E-state index in [0.29, 0.717) is 44.0 Å². The van der Waals surface area contributed by atoms with Gasteiger partial charge in [0, 0.05) is 5.92 Å². The Labute approximate surface area is 222 Å². The number of hydrogen-bond acceptors (Lipinski definition) is 7. The number of benzene rings is 1. The number of carbonyl (C=O) groups excluding carboxylic acids is 1. The van der Waals surface area contributed by atoms with Gasteiger partial charge < -0.3 is 29.4 Å². The molecule has 1 atom stereocenters. The predicted octanol–water partition coefficient (Wildman–Crippen LogP) is 5.49. The van der Waals surface area contributed by atoms with Gasteiger partial charge in [0.1, 0.15) is 17.4 Å². The topological polar surface area (TPSA) is 110 Å². The van der Waals surface area contributed by atoms with Crippen LogP contribution in [0.25, 0.3) is 0 Å². The average molecular weight is 519 g/mol. The predicted molar refractivity (Wildman–Crippen MR) is 142 cm³/mol. The van der Waals surface area contributed by atoms with Gasteiger partial charge in [0.15, 0.2) is 5.79 Å². The number of aliphatic hydroxyl groups excluding tert-OH is 1. The maximum absolute atomic E-state index is 12.8. The van der Waals surface area contributed by atoms with Crippen molar-refractivity contribution in [2.24, 2.45) is 5.92 Å². The van der Waals surface area contributed by atoms with Gasteiger partial charge in [-0.1, -0.05) is 38.7 Å². The zero-order valence-corrected chi connectivity index (χ0v) is 23.5. The molecule has 1 fully saturated rings. The molecule has 208 valence electrons. The molecule has 1 aliphatic rings. The van der Waals surface area contributed by atoms with Crippen LogP contribution < -0.4 is 10.1 Å². The smallest absolute Gasteiger partial charge is 0.408 e. The molecular formula is C29H46N2O6. The second kappa shape index (κ2) is 14.0. The summed E-state index contributed by atoms with van der Waals surface area (Å²) in [6, 6.07) is 7.81. The number of alkyl carbamates (subject to hydrolysis) is 1. The maximum Gasteiger partial charge on any atom is 0.408 e. The minimum atomic E-state index is -1.03. The van der Waals surface area contributed by atoms with Crippen molar-refractivity contribution in [1.29, 1.82) is 5.26 Å². The highest BCUT2D eigenvalue weighted by atomic mass is 16.7. The Morgan fingerprint density at radius 1 is 1.19 bits per heavy atom. The van der Waals surface area contributed by atoms with Gasteiger partial charge in [-0.3, -0.25) is 0 Å². The second-order valence-corrected chi connectivity index (χ2v) is 11.4. The summed E-state index contributed by atoms with van der Waals surface area (Å²) in [7, 11) is 0. The zero-order chi connectivity index (χ0) is 27.5. The van der Waals surface area contributed by atoms with E-state index in [9.17, 15) is 15.2 Å². The molecular weight excluding hydrogens is 472 g/mol. The first-order chi connectivity index (χ1) is 17.4. The molecule has 1 unspecified atom stereocenters. The first kappa shape index (κ1) is 30.9. The molecule has 8 heteroatoms. The Hall–Kier alpha value is -2.34. The Morgan fingerprint density at radius 3 is 2.46 bits per heavy atom. The quantitative estimate of drug-likeness (QED) is 0.332. The number of amides is 1. The number of nitrogens with one attached hydrogen (secondary N) is 1. The van der Waals surface area contributed by atoms with Crippen LogP contribution in [0, 0.1) is 17.2 Å². The average Bonchev–Trinajstić information content (AvgIpc) is 2.83. The number of rotatable bonds is 13. The molecule has 1 amide bonds. The lowest BCUT2D eigenvalue weighted by molar-refractivity contribution is -0.272. The van der Waals surface area contributed by atoms with Crippen LogP contribution in [0.3, 0.4) is 0 Å². The summed E-state index contributed by atoms with van der Waals surface area (Å²) in [6.07, 6.45) is 6.02. The van der Waals surface area contributed by atoms with Crippen molar-refractivity contribution >= 4 is 6.09 Å². The van der Waals surface area contributed by atoms with Crippen LogP contribution in [0.2, 0.25) is 0 Å². The number of aliphatic hydroxyl groups is 1. The largest absolute Gasteiger partial charge is 0.492 e. The molecule has 0 radical (unpaired) electrons. The standard InChI is InChI=1S/C29H46N2O6/c1-7-8-9-10-11-16-34-25-13-12-22(17-23(25)18-30)14-15-29(21-32,31-26(33)37-27(2,3)4)24-19-35-28(5,6)36-20-24/h12-13,17,24,32H,7-11,14-16,19-21H2,1-6H3,(H,31,33). The van der Waals surface area contributed by atoms with Crippen LogP contribution in [0.15, 0.2) is 18.2 Å². The second-order valence-electron chi connectivity index (χ2n) is 11.4. The van der Waals surface area contributed by atoms with E-state index in [0.717, 1.165) is 18.4 Å². The molecule has 0 bridgehead atoms. The van der Waals surface area contributed by atoms with Crippen LogP contribution in [0.5, 0.6) is 5.75 Å². The molecule has 0 aliphatic carbocycles. The van der Waals surface area contributed by atoms with Gasteiger partial charge in [-0.05, 0) is 71.6 Å². The van der Waals surface area contributed by atoms with Crippen LogP contribution in [0.1, 0.15) is 91.2 Å². The monoisotopic (exact) mass is 518 g/mol. The SMILES string of the molecule is CCCCCCCOc1ccc(CCC(CO)(NC(=O)OC(C)(C)C)C2COC(C)(C)OC2)cc1C#N. The lowest BCUT2D eigenvalue weighted by Gasteiger charge is -2.45. The molecule has 0 aromatic heterocycles.